The van der Waals surface area contributed by atoms with Gasteiger partial charge < -0.3 is 28.4 Å². The number of allylic oxidation sites excluding steroid dienone is 1. The number of carbonyl (C=O) groups is 5. The van der Waals surface area contributed by atoms with E-state index in [4.69, 9.17) is 28.4 Å². The molecule has 0 N–H and O–H groups in total. The van der Waals surface area contributed by atoms with E-state index in [0.717, 1.165) is 33.1 Å². The topological polar surface area (TPSA) is 141 Å². The zero-order valence-corrected chi connectivity index (χ0v) is 22.8. The van der Waals surface area contributed by atoms with E-state index in [1.54, 1.807) is 30.3 Å². The number of carbonyl (C=O) groups excluding carboxylic acids is 5. The Balaban J connectivity index is 2.14. The van der Waals surface area contributed by atoms with Crippen LogP contribution < -0.4 is 0 Å². The molecule has 0 aliphatic carbocycles. The van der Waals surface area contributed by atoms with Crippen molar-refractivity contribution in [1.82, 2.24) is 0 Å². The maximum Gasteiger partial charge on any atom is 0.454 e. The molecule has 1 unspecified atom stereocenters. The lowest BCUT2D eigenvalue weighted by Gasteiger charge is -2.44. The molecule has 0 spiro atoms. The van der Waals surface area contributed by atoms with Crippen LogP contribution in [-0.4, -0.2) is 73.1 Å². The third-order valence-corrected chi connectivity index (χ3v) is 5.77. The predicted octanol–water partition coefficient (Wildman–Crippen LogP) is 3.41. The molecule has 3 rings (SSSR count). The lowest BCUT2D eigenvalue weighted by molar-refractivity contribution is -0.294. The molecule has 1 aliphatic heterocycles. The van der Waals surface area contributed by atoms with Crippen LogP contribution in [0.5, 0.6) is 0 Å². The fraction of sp³-hybridized carbons (Fsp3) is 0.393. The van der Waals surface area contributed by atoms with Crippen LogP contribution in [0.25, 0.3) is 16.5 Å². The Morgan fingerprint density at radius 3 is 1.90 bits per heavy atom. The second-order valence-electron chi connectivity index (χ2n) is 9.12. The first-order valence-electron chi connectivity index (χ1n) is 12.4. The molecule has 2 aromatic rings. The normalized spacial score (nSPS) is 22.5. The van der Waals surface area contributed by atoms with Gasteiger partial charge in [-0.2, -0.15) is 13.2 Å². The van der Waals surface area contributed by atoms with Gasteiger partial charge in [0.15, 0.2) is 12.2 Å². The van der Waals surface area contributed by atoms with Gasteiger partial charge in [-0.15, -0.1) is 0 Å². The van der Waals surface area contributed by atoms with Crippen molar-refractivity contribution < 1.29 is 65.6 Å². The number of hydrogen-bond donors (Lipinski definition) is 0. The summed E-state index contributed by atoms with van der Waals surface area (Å²) in [4.78, 5) is 59.6. The van der Waals surface area contributed by atoms with Crippen LogP contribution >= 0.6 is 0 Å². The van der Waals surface area contributed by atoms with Crippen molar-refractivity contribution in [2.24, 2.45) is 0 Å². The standard InChI is InChI=1S/C28H27F3O11/c1-14(32)37-13-22-24(38-15(2)33)25(39-16(3)34)26(40-17(4)35)27(42-22)41-21(12-23(36)28(29,30)31)20-10-9-18-7-5-6-8-19(18)11-20/h5-12,22,24-27H,13H2,1-4H3/b21-12-/t22-,24+,25+,26-,27?/m1/s1. The first-order chi connectivity index (χ1) is 19.6. The highest BCUT2D eigenvalue weighted by Crippen LogP contribution is 2.34. The second kappa shape index (κ2) is 13.5. The molecule has 0 saturated carbocycles. The van der Waals surface area contributed by atoms with Gasteiger partial charge in [0, 0.05) is 39.3 Å². The number of halogens is 3. The summed E-state index contributed by atoms with van der Waals surface area (Å²) >= 11 is 0. The molecule has 5 atom stereocenters. The van der Waals surface area contributed by atoms with E-state index in [9.17, 15) is 37.1 Å². The number of hydrogen-bond acceptors (Lipinski definition) is 11. The molecular formula is C28H27F3O11. The number of benzene rings is 2. The first-order valence-corrected chi connectivity index (χ1v) is 12.4. The zero-order chi connectivity index (χ0) is 31.2. The number of alkyl halides is 3. The quantitative estimate of drug-likeness (QED) is 0.182. The molecule has 0 radical (unpaired) electrons. The summed E-state index contributed by atoms with van der Waals surface area (Å²) in [7, 11) is 0. The maximum atomic E-state index is 13.3. The highest BCUT2D eigenvalue weighted by atomic mass is 19.4. The van der Waals surface area contributed by atoms with Gasteiger partial charge in [0.05, 0.1) is 0 Å². The lowest BCUT2D eigenvalue weighted by atomic mass is 9.98. The van der Waals surface area contributed by atoms with Gasteiger partial charge in [-0.05, 0) is 16.8 Å². The zero-order valence-electron chi connectivity index (χ0n) is 22.8. The summed E-state index contributed by atoms with van der Waals surface area (Å²) in [6.45, 7) is 3.51. The van der Waals surface area contributed by atoms with Crippen molar-refractivity contribution in [2.75, 3.05) is 6.61 Å². The number of rotatable bonds is 9. The molecule has 11 nitrogen and oxygen atoms in total. The summed E-state index contributed by atoms with van der Waals surface area (Å²) < 4.78 is 72.4. The molecule has 1 heterocycles. The van der Waals surface area contributed by atoms with Gasteiger partial charge in [0.2, 0.25) is 12.4 Å². The summed E-state index contributed by atoms with van der Waals surface area (Å²) in [5.41, 5.74) is 0.0131. The summed E-state index contributed by atoms with van der Waals surface area (Å²) in [6, 6.07) is 11.3. The van der Waals surface area contributed by atoms with E-state index < -0.39 is 78.9 Å². The highest BCUT2D eigenvalue weighted by Gasteiger charge is 2.53. The fourth-order valence-electron chi connectivity index (χ4n) is 4.14. The molecule has 2 aromatic carbocycles. The van der Waals surface area contributed by atoms with Crippen molar-refractivity contribution in [1.29, 1.82) is 0 Å². The average Bonchev–Trinajstić information content (AvgIpc) is 2.88. The minimum Gasteiger partial charge on any atom is -0.463 e. The third-order valence-electron chi connectivity index (χ3n) is 5.77. The Morgan fingerprint density at radius 2 is 1.33 bits per heavy atom. The molecule has 14 heteroatoms. The van der Waals surface area contributed by atoms with Gasteiger partial charge in [-0.3, -0.25) is 24.0 Å². The van der Waals surface area contributed by atoms with Gasteiger partial charge in [-0.1, -0.05) is 36.4 Å². The molecule has 1 saturated heterocycles. The Hall–Kier alpha value is -4.46. The average molecular weight is 597 g/mol. The molecule has 0 aromatic heterocycles. The van der Waals surface area contributed by atoms with Crippen LogP contribution in [0.3, 0.4) is 0 Å². The van der Waals surface area contributed by atoms with Gasteiger partial charge in [-0.25, -0.2) is 0 Å². The van der Waals surface area contributed by atoms with E-state index in [1.165, 1.54) is 12.1 Å². The monoisotopic (exact) mass is 596 g/mol. The minimum absolute atomic E-state index is 0.0131. The third kappa shape index (κ3) is 8.52. The highest BCUT2D eigenvalue weighted by molar-refractivity contribution is 6.00. The Morgan fingerprint density at radius 1 is 0.762 bits per heavy atom. The van der Waals surface area contributed by atoms with Gasteiger partial charge in [0.1, 0.15) is 18.5 Å². The Kier molecular flexibility index (Phi) is 10.3. The summed E-state index contributed by atoms with van der Waals surface area (Å²) in [5, 5.41) is 1.32. The minimum atomic E-state index is -5.27. The number of fused-ring (bicyclic) bond motifs is 1. The Bertz CT molecular complexity index is 1380. The van der Waals surface area contributed by atoms with E-state index in [-0.39, 0.29) is 11.6 Å². The fourth-order valence-corrected chi connectivity index (χ4v) is 4.14. The van der Waals surface area contributed by atoms with Crippen molar-refractivity contribution in [3.8, 4) is 0 Å². The van der Waals surface area contributed by atoms with E-state index in [1.807, 2.05) is 0 Å². The van der Waals surface area contributed by atoms with Crippen LogP contribution in [0.1, 0.15) is 33.3 Å². The molecule has 226 valence electrons. The van der Waals surface area contributed by atoms with Crippen LogP contribution in [0.4, 0.5) is 13.2 Å². The van der Waals surface area contributed by atoms with Gasteiger partial charge >= 0.3 is 30.1 Å². The number of esters is 4. The van der Waals surface area contributed by atoms with Crippen molar-refractivity contribution in [3.63, 3.8) is 0 Å². The van der Waals surface area contributed by atoms with Crippen molar-refractivity contribution in [2.45, 2.75) is 64.6 Å². The molecule has 1 aliphatic rings. The van der Waals surface area contributed by atoms with E-state index in [0.29, 0.717) is 5.39 Å². The van der Waals surface area contributed by atoms with Crippen LogP contribution in [-0.2, 0) is 52.4 Å². The van der Waals surface area contributed by atoms with Crippen LogP contribution in [0.15, 0.2) is 48.5 Å². The smallest absolute Gasteiger partial charge is 0.454 e. The van der Waals surface area contributed by atoms with Crippen LogP contribution in [0, 0.1) is 0 Å². The largest absolute Gasteiger partial charge is 0.463 e. The lowest BCUT2D eigenvalue weighted by Crippen LogP contribution is -2.62. The predicted molar refractivity (Wildman–Crippen MR) is 136 cm³/mol. The number of ketones is 1. The molecular weight excluding hydrogens is 569 g/mol. The molecule has 42 heavy (non-hydrogen) atoms. The van der Waals surface area contributed by atoms with Crippen molar-refractivity contribution in [3.05, 3.63) is 54.1 Å². The van der Waals surface area contributed by atoms with E-state index >= 15 is 0 Å². The Labute approximate surface area is 237 Å². The molecule has 1 fully saturated rings. The molecule has 0 amide bonds. The van der Waals surface area contributed by atoms with Crippen molar-refractivity contribution >= 4 is 46.2 Å². The number of ether oxygens (including phenoxy) is 6. The SMILES string of the molecule is CC(=O)OC[C@H]1OC(O/C(=C\C(=O)C(F)(F)F)c2ccc3ccccc3c2)[C@H](OC(C)=O)[C@@H](OC(C)=O)[C@H]1OC(C)=O. The molecule has 0 bridgehead atoms. The maximum absolute atomic E-state index is 13.3. The second-order valence-corrected chi connectivity index (χ2v) is 9.12. The van der Waals surface area contributed by atoms with Crippen LogP contribution in [0.2, 0.25) is 0 Å². The first kappa shape index (κ1) is 32.1. The summed E-state index contributed by atoms with van der Waals surface area (Å²) in [5.74, 6) is -6.41. The van der Waals surface area contributed by atoms with E-state index in [2.05, 4.69) is 0 Å². The summed E-state index contributed by atoms with van der Waals surface area (Å²) in [6.07, 6.45) is -13.2. The van der Waals surface area contributed by atoms with Gasteiger partial charge in [0.25, 0.3) is 5.78 Å².